The molecule has 0 aliphatic carbocycles. The van der Waals surface area contributed by atoms with Gasteiger partial charge in [0.05, 0.1) is 29.0 Å². The van der Waals surface area contributed by atoms with Crippen LogP contribution >= 0.6 is 0 Å². The number of rotatable bonds is 3. The molecule has 2 aromatic heterocycles. The van der Waals surface area contributed by atoms with Gasteiger partial charge in [0.15, 0.2) is 0 Å². The second-order valence-corrected chi connectivity index (χ2v) is 12.9. The zero-order chi connectivity index (χ0) is 23.7. The summed E-state index contributed by atoms with van der Waals surface area (Å²) in [5.41, 5.74) is 4.68. The predicted octanol–water partition coefficient (Wildman–Crippen LogP) is 3.52. The molecule has 0 saturated heterocycles. The summed E-state index contributed by atoms with van der Waals surface area (Å²) in [6.45, 7) is 9.68. The van der Waals surface area contributed by atoms with Crippen molar-refractivity contribution in [2.45, 2.75) is 45.2 Å². The molecule has 0 amide bonds. The molecule has 0 bridgehead atoms. The summed E-state index contributed by atoms with van der Waals surface area (Å²) < 4.78 is 7.22. The highest BCUT2D eigenvalue weighted by Crippen LogP contribution is 2.43. The van der Waals surface area contributed by atoms with E-state index in [-0.39, 0.29) is 23.7 Å². The number of aromatic hydroxyl groups is 1. The lowest BCUT2D eigenvalue weighted by atomic mass is 9.84. The fraction of sp³-hybridized carbons (Fsp3) is 0.280. The maximum absolute atomic E-state index is 13.5. The first-order chi connectivity index (χ1) is 15.5. The Kier molecular flexibility index (Phi) is 4.69. The van der Waals surface area contributed by atoms with Crippen LogP contribution in [0.15, 0.2) is 47.1 Å². The van der Waals surface area contributed by atoms with E-state index < -0.39 is 13.9 Å². The molecular formula is C25H26N2O5Si. The van der Waals surface area contributed by atoms with E-state index in [4.69, 9.17) is 9.72 Å². The predicted molar refractivity (Wildman–Crippen MR) is 129 cm³/mol. The van der Waals surface area contributed by atoms with Crippen LogP contribution in [0.5, 0.6) is 5.75 Å². The average Bonchev–Trinajstić information content (AvgIpc) is 3.12. The number of nitrogens with zero attached hydrogens (tertiary/aromatic N) is 2. The molecule has 0 unspecified atom stereocenters. The summed E-state index contributed by atoms with van der Waals surface area (Å²) in [7, 11) is -2.51. The minimum atomic E-state index is -2.51. The van der Waals surface area contributed by atoms with Crippen molar-refractivity contribution in [3.8, 4) is 17.1 Å². The number of hydrogen-bond acceptors (Lipinski definition) is 6. The zero-order valence-corrected chi connectivity index (χ0v) is 19.8. The van der Waals surface area contributed by atoms with E-state index in [1.54, 1.807) is 22.8 Å². The van der Waals surface area contributed by atoms with E-state index in [2.05, 4.69) is 6.58 Å². The number of ether oxygens (including phenoxy) is 1. The molecule has 5 rings (SSSR count). The first kappa shape index (κ1) is 21.6. The number of aromatic nitrogens is 2. The topological polar surface area (TPSA) is 105 Å². The number of pyridine rings is 2. The van der Waals surface area contributed by atoms with Crippen LogP contribution < -0.4 is 5.56 Å². The Hall–Kier alpha value is -3.20. The van der Waals surface area contributed by atoms with Gasteiger partial charge in [-0.25, -0.2) is 4.98 Å². The van der Waals surface area contributed by atoms with E-state index in [0.29, 0.717) is 41.0 Å². The highest BCUT2D eigenvalue weighted by molar-refractivity contribution is 6.75. The maximum Gasteiger partial charge on any atom is 0.258 e. The highest BCUT2D eigenvalue weighted by atomic mass is 28.4. The van der Waals surface area contributed by atoms with E-state index in [1.807, 2.05) is 37.9 Å². The molecule has 1 aromatic carbocycles. The van der Waals surface area contributed by atoms with Gasteiger partial charge in [0.2, 0.25) is 8.32 Å². The standard InChI is InChI=1S/C25H26N2O5Si/c1-5-25(30)14(2)32-13-19-20(25)11-22-23-18(12-27(22)24(19)29)16(8-9-33(3,4)31)17-10-15(28)6-7-21(17)26-23/h6-11,28,30-31H,2,5,12-13H2,1,3-4H3/t25-/m1/s1. The third-order valence-corrected chi connectivity index (χ3v) is 7.52. The van der Waals surface area contributed by atoms with Crippen molar-refractivity contribution >= 4 is 25.3 Å². The highest BCUT2D eigenvalue weighted by Gasteiger charge is 2.41. The van der Waals surface area contributed by atoms with Crippen LogP contribution in [-0.4, -0.2) is 32.9 Å². The second-order valence-electron chi connectivity index (χ2n) is 9.28. The fourth-order valence-electron chi connectivity index (χ4n) is 4.69. The van der Waals surface area contributed by atoms with Crippen molar-refractivity contribution in [3.63, 3.8) is 0 Å². The molecular weight excluding hydrogens is 436 g/mol. The normalized spacial score (nSPS) is 19.5. The molecule has 3 aromatic rings. The number of phenols is 1. The van der Waals surface area contributed by atoms with Gasteiger partial charge in [-0.1, -0.05) is 25.3 Å². The molecule has 170 valence electrons. The van der Waals surface area contributed by atoms with Gasteiger partial charge in [-0.3, -0.25) is 4.79 Å². The van der Waals surface area contributed by atoms with Crippen molar-refractivity contribution in [1.29, 1.82) is 0 Å². The van der Waals surface area contributed by atoms with Crippen LogP contribution in [0.1, 0.15) is 35.6 Å². The van der Waals surface area contributed by atoms with E-state index in [0.717, 1.165) is 16.5 Å². The van der Waals surface area contributed by atoms with Crippen molar-refractivity contribution in [1.82, 2.24) is 9.55 Å². The minimum absolute atomic E-state index is 0.0618. The monoisotopic (exact) mass is 462 g/mol. The molecule has 7 nitrogen and oxygen atoms in total. The van der Waals surface area contributed by atoms with Crippen LogP contribution in [0, 0.1) is 0 Å². The molecule has 8 heteroatoms. The van der Waals surface area contributed by atoms with Crippen molar-refractivity contribution in [3.05, 3.63) is 74.9 Å². The van der Waals surface area contributed by atoms with Crippen LogP contribution in [0.25, 0.3) is 28.4 Å². The third kappa shape index (κ3) is 3.25. The Morgan fingerprint density at radius 2 is 2.06 bits per heavy atom. The van der Waals surface area contributed by atoms with Crippen molar-refractivity contribution in [2.24, 2.45) is 0 Å². The Labute approximate surface area is 192 Å². The SMILES string of the molecule is C=C1OCc2c(cc3n(c2=O)Cc2c-3nc3ccc(O)cc3c2C=C[Si](C)(C)O)[C@@]1(O)CC. The first-order valence-electron chi connectivity index (χ1n) is 10.9. The van der Waals surface area contributed by atoms with Crippen molar-refractivity contribution in [2.75, 3.05) is 0 Å². The van der Waals surface area contributed by atoms with Crippen molar-refractivity contribution < 1.29 is 19.7 Å². The summed E-state index contributed by atoms with van der Waals surface area (Å²) in [5, 5.41) is 22.1. The maximum atomic E-state index is 13.5. The van der Waals surface area contributed by atoms with Crippen LogP contribution in [-0.2, 0) is 23.5 Å². The van der Waals surface area contributed by atoms with Gasteiger partial charge in [0.1, 0.15) is 23.7 Å². The van der Waals surface area contributed by atoms with Crippen LogP contribution in [0.3, 0.4) is 0 Å². The molecule has 1 atom stereocenters. The molecule has 33 heavy (non-hydrogen) atoms. The van der Waals surface area contributed by atoms with Crippen LogP contribution in [0.2, 0.25) is 13.1 Å². The Morgan fingerprint density at radius 3 is 2.76 bits per heavy atom. The lowest BCUT2D eigenvalue weighted by Gasteiger charge is -2.35. The minimum Gasteiger partial charge on any atom is -0.508 e. The quantitative estimate of drug-likeness (QED) is 0.403. The van der Waals surface area contributed by atoms with Gasteiger partial charge in [-0.05, 0) is 49.3 Å². The summed E-state index contributed by atoms with van der Waals surface area (Å²) in [5.74, 6) is 0.354. The molecule has 0 saturated carbocycles. The molecule has 4 heterocycles. The van der Waals surface area contributed by atoms with Gasteiger partial charge >= 0.3 is 0 Å². The summed E-state index contributed by atoms with van der Waals surface area (Å²) >= 11 is 0. The lowest BCUT2D eigenvalue weighted by molar-refractivity contribution is -0.0172. The molecule has 0 radical (unpaired) electrons. The van der Waals surface area contributed by atoms with E-state index in [1.165, 1.54) is 0 Å². The first-order valence-corrected chi connectivity index (χ1v) is 14.0. The van der Waals surface area contributed by atoms with Gasteiger partial charge in [-0.2, -0.15) is 0 Å². The lowest BCUT2D eigenvalue weighted by Crippen LogP contribution is -2.38. The molecule has 0 spiro atoms. The Bertz CT molecular complexity index is 1430. The largest absolute Gasteiger partial charge is 0.508 e. The number of phenolic OH excluding ortho intramolecular Hbond substituents is 1. The summed E-state index contributed by atoms with van der Waals surface area (Å²) in [6.07, 6.45) is 2.20. The van der Waals surface area contributed by atoms with Gasteiger partial charge in [-0.15, -0.1) is 0 Å². The van der Waals surface area contributed by atoms with Gasteiger partial charge in [0.25, 0.3) is 5.56 Å². The average molecular weight is 463 g/mol. The summed E-state index contributed by atoms with van der Waals surface area (Å²) in [6, 6.07) is 6.79. The molecule has 0 fully saturated rings. The molecule has 3 N–H and O–H groups in total. The Morgan fingerprint density at radius 1 is 1.30 bits per heavy atom. The number of hydrogen-bond donors (Lipinski definition) is 3. The zero-order valence-electron chi connectivity index (χ0n) is 18.8. The van der Waals surface area contributed by atoms with Gasteiger partial charge < -0.3 is 24.3 Å². The number of benzene rings is 1. The fourth-order valence-corrected chi connectivity index (χ4v) is 5.26. The van der Waals surface area contributed by atoms with Crippen LogP contribution in [0.4, 0.5) is 0 Å². The summed E-state index contributed by atoms with van der Waals surface area (Å²) in [4.78, 5) is 28.7. The van der Waals surface area contributed by atoms with Gasteiger partial charge in [0, 0.05) is 16.5 Å². The number of fused-ring (bicyclic) bond motifs is 5. The smallest absolute Gasteiger partial charge is 0.258 e. The third-order valence-electron chi connectivity index (χ3n) is 6.54. The van der Waals surface area contributed by atoms with E-state index in [9.17, 15) is 19.8 Å². The molecule has 2 aliphatic rings. The number of aliphatic hydroxyl groups is 1. The Balaban J connectivity index is 1.82. The van der Waals surface area contributed by atoms with E-state index >= 15 is 0 Å². The second kappa shape index (κ2) is 7.15. The molecule has 2 aliphatic heterocycles.